The zero-order valence-electron chi connectivity index (χ0n) is 10.5. The van der Waals surface area contributed by atoms with E-state index in [0.29, 0.717) is 17.3 Å². The van der Waals surface area contributed by atoms with Crippen LogP contribution in [-0.4, -0.2) is 34.1 Å². The van der Waals surface area contributed by atoms with Gasteiger partial charge in [-0.25, -0.2) is 0 Å². The highest BCUT2D eigenvalue weighted by molar-refractivity contribution is 5.99. The zero-order valence-corrected chi connectivity index (χ0v) is 10.5. The molecule has 0 saturated carbocycles. The maximum Gasteiger partial charge on any atom is 0.259 e. The van der Waals surface area contributed by atoms with Gasteiger partial charge in [0.15, 0.2) is 5.82 Å². The number of carbonyl (C=O) groups excluding carboxylic acids is 1. The lowest BCUT2D eigenvalue weighted by Crippen LogP contribution is -2.29. The Labute approximate surface area is 101 Å². The molecule has 1 fully saturated rings. The number of nitrogen functional groups attached to an aromatic ring is 1. The van der Waals surface area contributed by atoms with E-state index < -0.39 is 0 Å². The topological polar surface area (TPSA) is 75.0 Å². The first kappa shape index (κ1) is 12.0. The van der Waals surface area contributed by atoms with Gasteiger partial charge in [0.25, 0.3) is 5.91 Å². The zero-order chi connectivity index (χ0) is 12.4. The standard InChI is InChI=1S/C12H20N4O/c1-3-4-9-5-6-16(7-9)12(17)10-8(2)14-15-11(10)13/h9H,3-7H2,1-2H3,(H3,13,14,15). The molecule has 2 rings (SSSR count). The van der Waals surface area contributed by atoms with Crippen LogP contribution < -0.4 is 5.73 Å². The second kappa shape index (κ2) is 4.77. The number of likely N-dealkylation sites (tertiary alicyclic amines) is 1. The summed E-state index contributed by atoms with van der Waals surface area (Å²) in [6.45, 7) is 5.71. The number of nitrogens with two attached hydrogens (primary N) is 1. The number of H-pyrrole nitrogens is 1. The van der Waals surface area contributed by atoms with E-state index in [1.54, 1.807) is 0 Å². The van der Waals surface area contributed by atoms with Gasteiger partial charge in [0, 0.05) is 18.8 Å². The SMILES string of the molecule is CCCC1CCN(C(=O)c2c(N)n[nH]c2C)C1. The molecule has 5 heteroatoms. The lowest BCUT2D eigenvalue weighted by molar-refractivity contribution is 0.0787. The van der Waals surface area contributed by atoms with E-state index in [0.717, 1.165) is 25.2 Å². The fourth-order valence-corrected chi connectivity index (χ4v) is 2.54. The first-order valence-corrected chi connectivity index (χ1v) is 6.23. The molecule has 0 spiro atoms. The molecule has 0 aromatic carbocycles. The smallest absolute Gasteiger partial charge is 0.259 e. The van der Waals surface area contributed by atoms with Crippen molar-refractivity contribution in [1.29, 1.82) is 0 Å². The van der Waals surface area contributed by atoms with Gasteiger partial charge >= 0.3 is 0 Å². The van der Waals surface area contributed by atoms with Crippen LogP contribution in [0.3, 0.4) is 0 Å². The predicted molar refractivity (Wildman–Crippen MR) is 66.7 cm³/mol. The van der Waals surface area contributed by atoms with Crippen LogP contribution in [0.2, 0.25) is 0 Å². The van der Waals surface area contributed by atoms with E-state index in [2.05, 4.69) is 17.1 Å². The summed E-state index contributed by atoms with van der Waals surface area (Å²) in [5.41, 5.74) is 7.01. The molecule has 3 N–H and O–H groups in total. The van der Waals surface area contributed by atoms with Gasteiger partial charge < -0.3 is 10.6 Å². The number of nitrogens with one attached hydrogen (secondary N) is 1. The minimum Gasteiger partial charge on any atom is -0.382 e. The Morgan fingerprint density at radius 1 is 1.65 bits per heavy atom. The van der Waals surface area contributed by atoms with E-state index in [4.69, 9.17) is 5.73 Å². The molecule has 2 heterocycles. The average Bonchev–Trinajstić information content (AvgIpc) is 2.87. The number of hydrogen-bond acceptors (Lipinski definition) is 3. The Kier molecular flexibility index (Phi) is 3.36. The van der Waals surface area contributed by atoms with Crippen molar-refractivity contribution < 1.29 is 4.79 Å². The third kappa shape index (κ3) is 2.28. The van der Waals surface area contributed by atoms with Crippen LogP contribution in [0.25, 0.3) is 0 Å². The minimum absolute atomic E-state index is 0.0207. The van der Waals surface area contributed by atoms with Crippen molar-refractivity contribution in [1.82, 2.24) is 15.1 Å². The Morgan fingerprint density at radius 2 is 2.41 bits per heavy atom. The van der Waals surface area contributed by atoms with E-state index in [1.807, 2.05) is 11.8 Å². The van der Waals surface area contributed by atoms with E-state index in [1.165, 1.54) is 12.8 Å². The van der Waals surface area contributed by atoms with Crippen LogP contribution >= 0.6 is 0 Å². The highest BCUT2D eigenvalue weighted by Gasteiger charge is 2.29. The van der Waals surface area contributed by atoms with Gasteiger partial charge in [0.2, 0.25) is 0 Å². The summed E-state index contributed by atoms with van der Waals surface area (Å²) in [5, 5.41) is 6.62. The quantitative estimate of drug-likeness (QED) is 0.836. The summed E-state index contributed by atoms with van der Waals surface area (Å²) in [5.74, 6) is 0.983. The Balaban J connectivity index is 2.07. The molecule has 0 aliphatic carbocycles. The van der Waals surface area contributed by atoms with Crippen LogP contribution in [0.4, 0.5) is 5.82 Å². The highest BCUT2D eigenvalue weighted by Crippen LogP contribution is 2.24. The van der Waals surface area contributed by atoms with Crippen molar-refractivity contribution >= 4 is 11.7 Å². The number of nitrogens with zero attached hydrogens (tertiary/aromatic N) is 2. The van der Waals surface area contributed by atoms with Crippen molar-refractivity contribution in [2.24, 2.45) is 5.92 Å². The van der Waals surface area contributed by atoms with Crippen molar-refractivity contribution in [2.45, 2.75) is 33.1 Å². The number of carbonyl (C=O) groups is 1. The number of aryl methyl sites for hydroxylation is 1. The maximum absolute atomic E-state index is 12.3. The molecular formula is C12H20N4O. The summed E-state index contributed by atoms with van der Waals surface area (Å²) in [4.78, 5) is 14.2. The molecular weight excluding hydrogens is 216 g/mol. The highest BCUT2D eigenvalue weighted by atomic mass is 16.2. The molecule has 1 amide bonds. The number of aromatic nitrogens is 2. The minimum atomic E-state index is 0.0207. The summed E-state index contributed by atoms with van der Waals surface area (Å²) in [6, 6.07) is 0. The van der Waals surface area contributed by atoms with Crippen LogP contribution in [-0.2, 0) is 0 Å². The molecule has 1 aromatic rings. The second-order valence-corrected chi connectivity index (χ2v) is 4.80. The van der Waals surface area contributed by atoms with Crippen LogP contribution in [0.5, 0.6) is 0 Å². The van der Waals surface area contributed by atoms with E-state index in [-0.39, 0.29) is 5.91 Å². The second-order valence-electron chi connectivity index (χ2n) is 4.80. The molecule has 17 heavy (non-hydrogen) atoms. The number of hydrogen-bond donors (Lipinski definition) is 2. The van der Waals surface area contributed by atoms with Crippen molar-refractivity contribution in [3.05, 3.63) is 11.3 Å². The average molecular weight is 236 g/mol. The molecule has 1 aliphatic heterocycles. The first-order chi connectivity index (χ1) is 8.13. The fourth-order valence-electron chi connectivity index (χ4n) is 2.54. The van der Waals surface area contributed by atoms with Gasteiger partial charge in [0.05, 0.1) is 0 Å². The van der Waals surface area contributed by atoms with Gasteiger partial charge in [-0.15, -0.1) is 0 Å². The molecule has 5 nitrogen and oxygen atoms in total. The number of aromatic amines is 1. The fraction of sp³-hybridized carbons (Fsp3) is 0.667. The lowest BCUT2D eigenvalue weighted by Gasteiger charge is -2.16. The third-order valence-corrected chi connectivity index (χ3v) is 3.46. The molecule has 1 aliphatic rings. The molecule has 0 bridgehead atoms. The van der Waals surface area contributed by atoms with Gasteiger partial charge in [-0.3, -0.25) is 9.89 Å². The summed E-state index contributed by atoms with van der Waals surface area (Å²) in [7, 11) is 0. The third-order valence-electron chi connectivity index (χ3n) is 3.46. The van der Waals surface area contributed by atoms with Gasteiger partial charge in [-0.2, -0.15) is 5.10 Å². The van der Waals surface area contributed by atoms with Crippen molar-refractivity contribution in [3.63, 3.8) is 0 Å². The molecule has 1 atom stereocenters. The Hall–Kier alpha value is -1.52. The summed E-state index contributed by atoms with van der Waals surface area (Å²) < 4.78 is 0. The maximum atomic E-state index is 12.3. The largest absolute Gasteiger partial charge is 0.382 e. The van der Waals surface area contributed by atoms with Crippen molar-refractivity contribution in [2.75, 3.05) is 18.8 Å². The number of amides is 1. The van der Waals surface area contributed by atoms with Crippen LogP contribution in [0.15, 0.2) is 0 Å². The summed E-state index contributed by atoms with van der Waals surface area (Å²) >= 11 is 0. The molecule has 94 valence electrons. The van der Waals surface area contributed by atoms with Crippen LogP contribution in [0.1, 0.15) is 42.2 Å². The molecule has 1 unspecified atom stereocenters. The van der Waals surface area contributed by atoms with Crippen LogP contribution in [0, 0.1) is 12.8 Å². The van der Waals surface area contributed by atoms with Gasteiger partial charge in [-0.1, -0.05) is 13.3 Å². The Bertz CT molecular complexity index is 393. The molecule has 0 radical (unpaired) electrons. The van der Waals surface area contributed by atoms with Crippen molar-refractivity contribution in [3.8, 4) is 0 Å². The number of anilines is 1. The van der Waals surface area contributed by atoms with Gasteiger partial charge in [0.1, 0.15) is 5.56 Å². The molecule has 1 aromatic heterocycles. The predicted octanol–water partition coefficient (Wildman–Crippen LogP) is 1.56. The summed E-state index contributed by atoms with van der Waals surface area (Å²) in [6.07, 6.45) is 3.49. The Morgan fingerprint density at radius 3 is 3.00 bits per heavy atom. The lowest BCUT2D eigenvalue weighted by atomic mass is 10.0. The van der Waals surface area contributed by atoms with E-state index >= 15 is 0 Å². The molecule has 1 saturated heterocycles. The van der Waals surface area contributed by atoms with E-state index in [9.17, 15) is 4.79 Å². The number of rotatable bonds is 3. The van der Waals surface area contributed by atoms with Gasteiger partial charge in [-0.05, 0) is 25.7 Å². The first-order valence-electron chi connectivity index (χ1n) is 6.23. The monoisotopic (exact) mass is 236 g/mol. The normalized spacial score (nSPS) is 19.9.